The molecule has 0 aliphatic rings. The van der Waals surface area contributed by atoms with E-state index in [1.807, 2.05) is 31.2 Å². The molecule has 8 nitrogen and oxygen atoms in total. The van der Waals surface area contributed by atoms with E-state index in [4.69, 9.17) is 21.3 Å². The quantitative estimate of drug-likeness (QED) is 0.362. The van der Waals surface area contributed by atoms with Crippen molar-refractivity contribution >= 4 is 22.6 Å². The number of hydrogen-bond acceptors (Lipinski definition) is 6. The van der Waals surface area contributed by atoms with Gasteiger partial charge in [-0.3, -0.25) is 0 Å². The molecule has 0 bridgehead atoms. The van der Waals surface area contributed by atoms with Crippen LogP contribution >= 0.6 is 11.6 Å². The number of aromatic amines is 1. The molecular weight excluding hydrogens is 428 g/mol. The van der Waals surface area contributed by atoms with Crippen molar-refractivity contribution < 1.29 is 9.84 Å². The van der Waals surface area contributed by atoms with Crippen LogP contribution in [-0.2, 0) is 19.6 Å². The van der Waals surface area contributed by atoms with Gasteiger partial charge in [-0.25, -0.2) is 4.98 Å². The molecular formula is C23H27ClN6O2. The SMILES string of the molecule is CCCCc1nc2c(Cl)c(CO)ccc2n1Cc1ccc(OC(CC)c2nn[nH]n2)cc1. The first-order chi connectivity index (χ1) is 15.6. The van der Waals surface area contributed by atoms with Crippen molar-refractivity contribution in [1.29, 1.82) is 0 Å². The van der Waals surface area contributed by atoms with Gasteiger partial charge in [-0.2, -0.15) is 5.21 Å². The fourth-order valence-corrected chi connectivity index (χ4v) is 3.98. The summed E-state index contributed by atoms with van der Waals surface area (Å²) in [4.78, 5) is 4.82. The lowest BCUT2D eigenvalue weighted by Crippen LogP contribution is -2.09. The Morgan fingerprint density at radius 2 is 1.97 bits per heavy atom. The third kappa shape index (κ3) is 4.61. The number of hydrogen-bond donors (Lipinski definition) is 2. The molecule has 0 radical (unpaired) electrons. The maximum atomic E-state index is 9.55. The number of tetrazole rings is 1. The molecule has 4 rings (SSSR count). The Bertz CT molecular complexity index is 1160. The number of ether oxygens (including phenoxy) is 1. The van der Waals surface area contributed by atoms with Crippen molar-refractivity contribution in [3.8, 4) is 5.75 Å². The van der Waals surface area contributed by atoms with Crippen LogP contribution in [0.2, 0.25) is 5.02 Å². The first-order valence-corrected chi connectivity index (χ1v) is 11.3. The number of fused-ring (bicyclic) bond motifs is 1. The molecule has 0 saturated carbocycles. The topological polar surface area (TPSA) is 102 Å². The number of imidazole rings is 1. The van der Waals surface area contributed by atoms with Crippen molar-refractivity contribution in [3.63, 3.8) is 0 Å². The molecule has 0 amide bonds. The summed E-state index contributed by atoms with van der Waals surface area (Å²) in [7, 11) is 0. The molecule has 2 N–H and O–H groups in total. The first kappa shape index (κ1) is 22.2. The van der Waals surface area contributed by atoms with E-state index in [-0.39, 0.29) is 12.7 Å². The van der Waals surface area contributed by atoms with Crippen LogP contribution in [0, 0.1) is 0 Å². The number of aryl methyl sites for hydroxylation is 1. The molecule has 2 aromatic carbocycles. The fraction of sp³-hybridized carbons (Fsp3) is 0.391. The average Bonchev–Trinajstić information content (AvgIpc) is 3.47. The molecule has 4 aromatic rings. The monoisotopic (exact) mass is 454 g/mol. The van der Waals surface area contributed by atoms with Crippen LogP contribution in [0.25, 0.3) is 11.0 Å². The van der Waals surface area contributed by atoms with Crippen molar-refractivity contribution in [2.75, 3.05) is 0 Å². The highest BCUT2D eigenvalue weighted by atomic mass is 35.5. The van der Waals surface area contributed by atoms with Gasteiger partial charge in [-0.05, 0) is 42.2 Å². The Labute approximate surface area is 191 Å². The summed E-state index contributed by atoms with van der Waals surface area (Å²) < 4.78 is 8.25. The number of aliphatic hydroxyl groups excluding tert-OH is 1. The van der Waals surface area contributed by atoms with Gasteiger partial charge in [0.2, 0.25) is 5.82 Å². The minimum atomic E-state index is -0.249. The lowest BCUT2D eigenvalue weighted by molar-refractivity contribution is 0.191. The zero-order valence-electron chi connectivity index (χ0n) is 18.3. The highest BCUT2D eigenvalue weighted by Crippen LogP contribution is 2.29. The lowest BCUT2D eigenvalue weighted by Gasteiger charge is -2.15. The van der Waals surface area contributed by atoms with E-state index in [0.717, 1.165) is 53.9 Å². The van der Waals surface area contributed by atoms with E-state index < -0.39 is 0 Å². The number of rotatable bonds is 10. The highest BCUT2D eigenvalue weighted by Gasteiger charge is 2.17. The molecule has 168 valence electrons. The third-order valence-corrected chi connectivity index (χ3v) is 5.93. The van der Waals surface area contributed by atoms with Crippen LogP contribution in [0.1, 0.15) is 62.0 Å². The zero-order chi connectivity index (χ0) is 22.5. The van der Waals surface area contributed by atoms with Gasteiger partial charge in [0.1, 0.15) is 17.1 Å². The first-order valence-electron chi connectivity index (χ1n) is 10.9. The Morgan fingerprint density at radius 3 is 2.62 bits per heavy atom. The summed E-state index contributed by atoms with van der Waals surface area (Å²) in [5.74, 6) is 2.30. The number of nitrogens with one attached hydrogen (secondary N) is 1. The van der Waals surface area contributed by atoms with Gasteiger partial charge in [0.15, 0.2) is 6.10 Å². The number of unbranched alkanes of at least 4 members (excludes halogenated alkanes) is 1. The Balaban J connectivity index is 1.59. The van der Waals surface area contributed by atoms with Crippen molar-refractivity contribution in [2.45, 2.75) is 58.8 Å². The number of aliphatic hydroxyl groups is 1. The summed E-state index contributed by atoms with van der Waals surface area (Å²) >= 11 is 6.52. The van der Waals surface area contributed by atoms with Gasteiger partial charge in [-0.1, -0.05) is 55.3 Å². The predicted octanol–water partition coefficient (Wildman–Crippen LogP) is 4.62. The van der Waals surface area contributed by atoms with Gasteiger partial charge in [0.05, 0.1) is 17.1 Å². The Kier molecular flexibility index (Phi) is 7.02. The number of benzene rings is 2. The molecule has 0 saturated heterocycles. The second-order valence-electron chi connectivity index (χ2n) is 7.71. The van der Waals surface area contributed by atoms with Crippen molar-refractivity contribution in [2.24, 2.45) is 0 Å². The molecule has 2 aromatic heterocycles. The fourth-order valence-electron chi connectivity index (χ4n) is 3.72. The molecule has 2 heterocycles. The minimum Gasteiger partial charge on any atom is -0.482 e. The average molecular weight is 455 g/mol. The molecule has 0 spiro atoms. The largest absolute Gasteiger partial charge is 0.482 e. The van der Waals surface area contributed by atoms with E-state index in [1.54, 1.807) is 0 Å². The summed E-state index contributed by atoms with van der Waals surface area (Å²) in [5.41, 5.74) is 3.54. The molecule has 1 unspecified atom stereocenters. The van der Waals surface area contributed by atoms with E-state index in [0.29, 0.717) is 23.0 Å². The molecule has 9 heteroatoms. The second-order valence-corrected chi connectivity index (χ2v) is 8.09. The molecule has 1 atom stereocenters. The van der Waals surface area contributed by atoms with E-state index in [2.05, 4.69) is 44.2 Å². The third-order valence-electron chi connectivity index (χ3n) is 5.51. The van der Waals surface area contributed by atoms with Crippen molar-refractivity contribution in [3.05, 3.63) is 64.2 Å². The van der Waals surface area contributed by atoms with Crippen LogP contribution < -0.4 is 4.74 Å². The van der Waals surface area contributed by atoms with Gasteiger partial charge >= 0.3 is 0 Å². The van der Waals surface area contributed by atoms with Crippen LogP contribution in [-0.4, -0.2) is 35.3 Å². The van der Waals surface area contributed by atoms with Gasteiger partial charge in [0, 0.05) is 13.0 Å². The molecule has 0 fully saturated rings. The Hall–Kier alpha value is -2.97. The van der Waals surface area contributed by atoms with E-state index >= 15 is 0 Å². The smallest absolute Gasteiger partial charge is 0.214 e. The van der Waals surface area contributed by atoms with Gasteiger partial charge in [-0.15, -0.1) is 10.2 Å². The predicted molar refractivity (Wildman–Crippen MR) is 123 cm³/mol. The summed E-state index contributed by atoms with van der Waals surface area (Å²) in [5, 5.41) is 24.2. The summed E-state index contributed by atoms with van der Waals surface area (Å²) in [6.45, 7) is 4.76. The summed E-state index contributed by atoms with van der Waals surface area (Å²) in [6, 6.07) is 11.9. The second kappa shape index (κ2) is 10.1. The minimum absolute atomic E-state index is 0.101. The number of halogens is 1. The normalized spacial score (nSPS) is 12.4. The Morgan fingerprint density at radius 1 is 1.16 bits per heavy atom. The zero-order valence-corrected chi connectivity index (χ0v) is 19.0. The standard InChI is InChI=1S/C23H27ClN6O2/c1-3-5-6-20-25-22-18(12-9-16(14-31)21(22)24)30(20)13-15-7-10-17(11-8-15)32-19(4-2)23-26-28-29-27-23/h7-12,19,31H,3-6,13-14H2,1-2H3,(H,26,27,28,29). The van der Waals surface area contributed by atoms with Gasteiger partial charge in [0.25, 0.3) is 0 Å². The summed E-state index contributed by atoms with van der Waals surface area (Å²) in [6.07, 6.45) is 3.50. The number of aromatic nitrogens is 6. The van der Waals surface area contributed by atoms with Gasteiger partial charge < -0.3 is 14.4 Å². The van der Waals surface area contributed by atoms with Crippen LogP contribution in [0.4, 0.5) is 0 Å². The highest BCUT2D eigenvalue weighted by molar-refractivity contribution is 6.35. The van der Waals surface area contributed by atoms with E-state index in [9.17, 15) is 5.11 Å². The van der Waals surface area contributed by atoms with Crippen LogP contribution in [0.5, 0.6) is 5.75 Å². The lowest BCUT2D eigenvalue weighted by atomic mass is 10.2. The maximum absolute atomic E-state index is 9.55. The van der Waals surface area contributed by atoms with Crippen LogP contribution in [0.15, 0.2) is 36.4 Å². The molecule has 0 aliphatic heterocycles. The number of nitrogens with zero attached hydrogens (tertiary/aromatic N) is 5. The number of H-pyrrole nitrogens is 1. The molecule has 32 heavy (non-hydrogen) atoms. The van der Waals surface area contributed by atoms with E-state index in [1.165, 1.54) is 0 Å². The molecule has 0 aliphatic carbocycles. The maximum Gasteiger partial charge on any atom is 0.214 e. The van der Waals surface area contributed by atoms with Crippen LogP contribution in [0.3, 0.4) is 0 Å². The van der Waals surface area contributed by atoms with Crippen molar-refractivity contribution in [1.82, 2.24) is 30.2 Å².